The molecule has 1 heteroatoms. The van der Waals surface area contributed by atoms with Gasteiger partial charge in [0.25, 0.3) is 0 Å². The van der Waals surface area contributed by atoms with Crippen LogP contribution in [-0.2, 0) is 0 Å². The maximum Gasteiger partial charge on any atom is 0.0943 e. The summed E-state index contributed by atoms with van der Waals surface area (Å²) in [7, 11) is 0. The topological polar surface area (TPSA) is 23.8 Å². The molecule has 0 amide bonds. The third kappa shape index (κ3) is 5.66. The van der Waals surface area contributed by atoms with E-state index >= 15 is 0 Å². The number of hydrogen-bond acceptors (Lipinski definition) is 1. The standard InChI is InChI=1S/C10H17N/c1-8(2)5-10(7-11)6-9(3)4/h5,8-9H,6H2,1-4H3/b10-5-. The monoisotopic (exact) mass is 151 g/mol. The molecule has 62 valence electrons. The fourth-order valence-corrected chi connectivity index (χ4v) is 0.993. The van der Waals surface area contributed by atoms with Crippen LogP contribution < -0.4 is 0 Å². The fourth-order valence-electron chi connectivity index (χ4n) is 0.993. The van der Waals surface area contributed by atoms with E-state index in [1.54, 1.807) is 0 Å². The zero-order chi connectivity index (χ0) is 8.85. The largest absolute Gasteiger partial charge is 0.193 e. The van der Waals surface area contributed by atoms with Gasteiger partial charge in [-0.25, -0.2) is 0 Å². The molecule has 0 atom stereocenters. The van der Waals surface area contributed by atoms with Gasteiger partial charge in [-0.15, -0.1) is 0 Å². The minimum Gasteiger partial charge on any atom is -0.193 e. The highest BCUT2D eigenvalue weighted by Crippen LogP contribution is 2.11. The first kappa shape index (κ1) is 10.2. The van der Waals surface area contributed by atoms with Crippen LogP contribution in [0.4, 0.5) is 0 Å². The highest BCUT2D eigenvalue weighted by atomic mass is 14.2. The van der Waals surface area contributed by atoms with Gasteiger partial charge < -0.3 is 0 Å². The van der Waals surface area contributed by atoms with Gasteiger partial charge in [0.05, 0.1) is 6.07 Å². The molecule has 0 aliphatic carbocycles. The summed E-state index contributed by atoms with van der Waals surface area (Å²) in [4.78, 5) is 0. The molecule has 0 saturated carbocycles. The summed E-state index contributed by atoms with van der Waals surface area (Å²) in [5.41, 5.74) is 0.926. The van der Waals surface area contributed by atoms with E-state index < -0.39 is 0 Å². The zero-order valence-electron chi connectivity index (χ0n) is 7.89. The van der Waals surface area contributed by atoms with Crippen molar-refractivity contribution in [1.82, 2.24) is 0 Å². The predicted molar refractivity (Wildman–Crippen MR) is 48.0 cm³/mol. The first-order valence-corrected chi connectivity index (χ1v) is 4.17. The van der Waals surface area contributed by atoms with Crippen LogP contribution in [0.2, 0.25) is 0 Å². The maximum atomic E-state index is 8.71. The maximum absolute atomic E-state index is 8.71. The number of allylic oxidation sites excluding steroid dienone is 2. The van der Waals surface area contributed by atoms with Crippen LogP contribution in [0.1, 0.15) is 34.1 Å². The summed E-state index contributed by atoms with van der Waals surface area (Å²) in [6, 6.07) is 2.23. The summed E-state index contributed by atoms with van der Waals surface area (Å²) >= 11 is 0. The third-order valence-corrected chi connectivity index (χ3v) is 1.31. The lowest BCUT2D eigenvalue weighted by atomic mass is 10.0. The Labute approximate surface area is 69.7 Å². The summed E-state index contributed by atoms with van der Waals surface area (Å²) in [5, 5.41) is 8.71. The highest BCUT2D eigenvalue weighted by molar-refractivity contribution is 5.21. The lowest BCUT2D eigenvalue weighted by molar-refractivity contribution is 0.645. The molecule has 0 aliphatic heterocycles. The van der Waals surface area contributed by atoms with Crippen LogP contribution in [0, 0.1) is 23.2 Å². The molecule has 0 radical (unpaired) electrons. The molecule has 11 heavy (non-hydrogen) atoms. The normalized spacial score (nSPS) is 12.3. The summed E-state index contributed by atoms with van der Waals surface area (Å²) < 4.78 is 0. The Morgan fingerprint density at radius 3 is 2.18 bits per heavy atom. The highest BCUT2D eigenvalue weighted by Gasteiger charge is 2.00. The van der Waals surface area contributed by atoms with E-state index in [4.69, 9.17) is 5.26 Å². The molecule has 0 aromatic heterocycles. The summed E-state index contributed by atoms with van der Waals surface area (Å²) in [5.74, 6) is 1.07. The van der Waals surface area contributed by atoms with Crippen molar-refractivity contribution in [3.05, 3.63) is 11.6 Å². The van der Waals surface area contributed by atoms with Gasteiger partial charge in [0.2, 0.25) is 0 Å². The average Bonchev–Trinajstić information content (AvgIpc) is 1.84. The van der Waals surface area contributed by atoms with Gasteiger partial charge in [-0.3, -0.25) is 0 Å². The van der Waals surface area contributed by atoms with E-state index in [9.17, 15) is 0 Å². The van der Waals surface area contributed by atoms with Gasteiger partial charge in [-0.2, -0.15) is 5.26 Å². The molecule has 0 aromatic rings. The van der Waals surface area contributed by atoms with Crippen LogP contribution in [0.25, 0.3) is 0 Å². The van der Waals surface area contributed by atoms with Crippen LogP contribution in [0.5, 0.6) is 0 Å². The molecule has 0 fully saturated rings. The van der Waals surface area contributed by atoms with Crippen molar-refractivity contribution in [3.8, 4) is 6.07 Å². The minimum atomic E-state index is 0.489. The van der Waals surface area contributed by atoms with Gasteiger partial charge in [0.15, 0.2) is 0 Å². The Balaban J connectivity index is 4.09. The first-order valence-electron chi connectivity index (χ1n) is 4.17. The predicted octanol–water partition coefficient (Wildman–Crippen LogP) is 3.14. The molecular formula is C10H17N. The Morgan fingerprint density at radius 2 is 1.91 bits per heavy atom. The van der Waals surface area contributed by atoms with E-state index in [0.717, 1.165) is 12.0 Å². The Bertz CT molecular complexity index is 170. The number of nitrogens with zero attached hydrogens (tertiary/aromatic N) is 1. The molecule has 0 rings (SSSR count). The second-order valence-electron chi connectivity index (χ2n) is 3.65. The second-order valence-corrected chi connectivity index (χ2v) is 3.65. The minimum absolute atomic E-state index is 0.489. The van der Waals surface area contributed by atoms with Gasteiger partial charge in [0.1, 0.15) is 0 Å². The van der Waals surface area contributed by atoms with Crippen LogP contribution >= 0.6 is 0 Å². The molecule has 0 aromatic carbocycles. The zero-order valence-corrected chi connectivity index (χ0v) is 7.89. The van der Waals surface area contributed by atoms with Gasteiger partial charge in [0, 0.05) is 5.57 Å². The summed E-state index contributed by atoms with van der Waals surface area (Å²) in [6.07, 6.45) is 2.95. The molecule has 0 unspecified atom stereocenters. The Kier molecular flexibility index (Phi) is 4.61. The van der Waals surface area contributed by atoms with E-state index in [-0.39, 0.29) is 0 Å². The summed E-state index contributed by atoms with van der Waals surface area (Å²) in [6.45, 7) is 8.45. The Morgan fingerprint density at radius 1 is 1.36 bits per heavy atom. The molecule has 1 nitrogen and oxygen atoms in total. The van der Waals surface area contributed by atoms with Gasteiger partial charge in [-0.05, 0) is 18.3 Å². The SMILES string of the molecule is CC(C)/C=C(\C#N)CC(C)C. The molecule has 0 spiro atoms. The molecule has 0 aliphatic rings. The molecule has 0 bridgehead atoms. The van der Waals surface area contributed by atoms with Crippen molar-refractivity contribution in [2.45, 2.75) is 34.1 Å². The average molecular weight is 151 g/mol. The number of rotatable bonds is 3. The van der Waals surface area contributed by atoms with Crippen molar-refractivity contribution >= 4 is 0 Å². The van der Waals surface area contributed by atoms with Crippen molar-refractivity contribution in [1.29, 1.82) is 5.26 Å². The quantitative estimate of drug-likeness (QED) is 0.568. The van der Waals surface area contributed by atoms with Gasteiger partial charge in [-0.1, -0.05) is 33.8 Å². The van der Waals surface area contributed by atoms with Crippen molar-refractivity contribution in [3.63, 3.8) is 0 Å². The number of nitriles is 1. The van der Waals surface area contributed by atoms with E-state index in [1.807, 2.05) is 6.08 Å². The molecule has 0 saturated heterocycles. The van der Waals surface area contributed by atoms with Crippen LogP contribution in [0.15, 0.2) is 11.6 Å². The van der Waals surface area contributed by atoms with Crippen molar-refractivity contribution < 1.29 is 0 Å². The van der Waals surface area contributed by atoms with Gasteiger partial charge >= 0.3 is 0 Å². The van der Waals surface area contributed by atoms with Crippen molar-refractivity contribution in [2.24, 2.45) is 11.8 Å². The smallest absolute Gasteiger partial charge is 0.0943 e. The molecular weight excluding hydrogens is 134 g/mol. The Hall–Kier alpha value is -0.770. The van der Waals surface area contributed by atoms with E-state index in [1.165, 1.54) is 0 Å². The molecule has 0 heterocycles. The third-order valence-electron chi connectivity index (χ3n) is 1.31. The lowest BCUT2D eigenvalue weighted by Gasteiger charge is -2.03. The number of hydrogen-bond donors (Lipinski definition) is 0. The van der Waals surface area contributed by atoms with Crippen molar-refractivity contribution in [2.75, 3.05) is 0 Å². The lowest BCUT2D eigenvalue weighted by Crippen LogP contribution is -1.91. The van der Waals surface area contributed by atoms with Crippen LogP contribution in [0.3, 0.4) is 0 Å². The first-order chi connectivity index (χ1) is 5.06. The second kappa shape index (κ2) is 4.96. The van der Waals surface area contributed by atoms with Crippen LogP contribution in [-0.4, -0.2) is 0 Å². The van der Waals surface area contributed by atoms with E-state index in [2.05, 4.69) is 33.8 Å². The molecule has 0 N–H and O–H groups in total. The fraction of sp³-hybridized carbons (Fsp3) is 0.700. The van der Waals surface area contributed by atoms with E-state index in [0.29, 0.717) is 11.8 Å².